The molecule has 0 radical (unpaired) electrons. The van der Waals surface area contributed by atoms with E-state index >= 15 is 0 Å². The van der Waals surface area contributed by atoms with Crippen molar-refractivity contribution < 1.29 is 5.11 Å². The van der Waals surface area contributed by atoms with Gasteiger partial charge in [0.1, 0.15) is 6.33 Å². The summed E-state index contributed by atoms with van der Waals surface area (Å²) >= 11 is 0. The van der Waals surface area contributed by atoms with Crippen molar-refractivity contribution >= 4 is 5.65 Å². The lowest BCUT2D eigenvalue weighted by Crippen LogP contribution is -2.17. The second kappa shape index (κ2) is 4.22. The van der Waals surface area contributed by atoms with Crippen LogP contribution in [0, 0.1) is 6.92 Å². The quantitative estimate of drug-likeness (QED) is 0.858. The van der Waals surface area contributed by atoms with E-state index < -0.39 is 0 Å². The van der Waals surface area contributed by atoms with E-state index in [9.17, 15) is 5.11 Å². The molecule has 0 amide bonds. The molecule has 2 atom stereocenters. The third-order valence-corrected chi connectivity index (χ3v) is 2.95. The number of aromatic nitrogens is 3. The van der Waals surface area contributed by atoms with Crippen molar-refractivity contribution in [1.82, 2.24) is 14.6 Å². The monoisotopic (exact) mass is 219 g/mol. The SMILES string of the molecule is CCC(c1cc(C)cc2ncnn12)C(C)O. The lowest BCUT2D eigenvalue weighted by molar-refractivity contribution is 0.157. The van der Waals surface area contributed by atoms with Crippen LogP contribution in [-0.2, 0) is 0 Å². The van der Waals surface area contributed by atoms with Gasteiger partial charge in [0.05, 0.1) is 11.8 Å². The Labute approximate surface area is 94.9 Å². The van der Waals surface area contributed by atoms with Gasteiger partial charge in [0.25, 0.3) is 0 Å². The number of nitrogens with zero attached hydrogens (tertiary/aromatic N) is 3. The second-order valence-electron chi connectivity index (χ2n) is 4.24. The summed E-state index contributed by atoms with van der Waals surface area (Å²) in [5.74, 6) is 0.101. The summed E-state index contributed by atoms with van der Waals surface area (Å²) in [4.78, 5) is 4.19. The first-order valence-electron chi connectivity index (χ1n) is 5.61. The van der Waals surface area contributed by atoms with Crippen LogP contribution in [0.3, 0.4) is 0 Å². The van der Waals surface area contributed by atoms with Crippen molar-refractivity contribution in [3.05, 3.63) is 29.7 Å². The minimum absolute atomic E-state index is 0.101. The fourth-order valence-electron chi connectivity index (χ4n) is 2.15. The predicted molar refractivity (Wildman–Crippen MR) is 62.4 cm³/mol. The molecule has 2 unspecified atom stereocenters. The molecule has 2 aromatic rings. The molecule has 0 aliphatic carbocycles. The van der Waals surface area contributed by atoms with Gasteiger partial charge < -0.3 is 5.11 Å². The zero-order valence-electron chi connectivity index (χ0n) is 9.88. The lowest BCUT2D eigenvalue weighted by atomic mass is 9.95. The van der Waals surface area contributed by atoms with E-state index in [1.807, 2.05) is 24.4 Å². The molecule has 0 bridgehead atoms. The summed E-state index contributed by atoms with van der Waals surface area (Å²) in [7, 11) is 0. The van der Waals surface area contributed by atoms with E-state index in [4.69, 9.17) is 0 Å². The molecular weight excluding hydrogens is 202 g/mol. The molecule has 0 aromatic carbocycles. The maximum atomic E-state index is 9.79. The summed E-state index contributed by atoms with van der Waals surface area (Å²) in [5.41, 5.74) is 3.02. The zero-order chi connectivity index (χ0) is 11.7. The Morgan fingerprint density at radius 1 is 1.44 bits per heavy atom. The van der Waals surface area contributed by atoms with Crippen LogP contribution in [0.2, 0.25) is 0 Å². The van der Waals surface area contributed by atoms with Crippen molar-refractivity contribution in [3.63, 3.8) is 0 Å². The highest BCUT2D eigenvalue weighted by Gasteiger charge is 2.19. The minimum atomic E-state index is -0.376. The van der Waals surface area contributed by atoms with Gasteiger partial charge in [-0.05, 0) is 38.0 Å². The highest BCUT2D eigenvalue weighted by atomic mass is 16.3. The molecule has 16 heavy (non-hydrogen) atoms. The first-order chi connectivity index (χ1) is 7.63. The number of aryl methyl sites for hydroxylation is 1. The van der Waals surface area contributed by atoms with E-state index in [0.29, 0.717) is 0 Å². The molecule has 1 N–H and O–H groups in total. The summed E-state index contributed by atoms with van der Waals surface area (Å²) in [5, 5.41) is 14.0. The van der Waals surface area contributed by atoms with Gasteiger partial charge in [0.2, 0.25) is 0 Å². The van der Waals surface area contributed by atoms with E-state index in [0.717, 1.165) is 23.3 Å². The average Bonchev–Trinajstić information content (AvgIpc) is 2.65. The molecule has 4 heteroatoms. The van der Waals surface area contributed by atoms with Crippen molar-refractivity contribution in [3.8, 4) is 0 Å². The van der Waals surface area contributed by atoms with Gasteiger partial charge in [0.15, 0.2) is 5.65 Å². The first kappa shape index (κ1) is 11.1. The Morgan fingerprint density at radius 3 is 2.81 bits per heavy atom. The Kier molecular flexibility index (Phi) is 2.92. The van der Waals surface area contributed by atoms with Crippen LogP contribution < -0.4 is 0 Å². The number of rotatable bonds is 3. The van der Waals surface area contributed by atoms with Crippen LogP contribution in [0.15, 0.2) is 18.5 Å². The Bertz CT molecular complexity index is 490. The third kappa shape index (κ3) is 1.80. The number of pyridine rings is 1. The smallest absolute Gasteiger partial charge is 0.155 e. The fraction of sp³-hybridized carbons (Fsp3) is 0.500. The molecule has 2 aromatic heterocycles. The van der Waals surface area contributed by atoms with E-state index in [-0.39, 0.29) is 12.0 Å². The van der Waals surface area contributed by atoms with Gasteiger partial charge >= 0.3 is 0 Å². The zero-order valence-corrected chi connectivity index (χ0v) is 9.88. The van der Waals surface area contributed by atoms with E-state index in [1.54, 1.807) is 6.33 Å². The fourth-order valence-corrected chi connectivity index (χ4v) is 2.15. The van der Waals surface area contributed by atoms with Gasteiger partial charge in [-0.25, -0.2) is 9.50 Å². The van der Waals surface area contributed by atoms with Crippen LogP contribution in [0.25, 0.3) is 5.65 Å². The van der Waals surface area contributed by atoms with Gasteiger partial charge in [-0.1, -0.05) is 6.92 Å². The van der Waals surface area contributed by atoms with Crippen LogP contribution >= 0.6 is 0 Å². The third-order valence-electron chi connectivity index (χ3n) is 2.95. The molecule has 0 aliphatic heterocycles. The molecule has 2 heterocycles. The highest BCUT2D eigenvalue weighted by molar-refractivity contribution is 5.42. The van der Waals surface area contributed by atoms with Crippen LogP contribution in [-0.4, -0.2) is 25.8 Å². The summed E-state index contributed by atoms with van der Waals surface area (Å²) in [6.45, 7) is 5.93. The van der Waals surface area contributed by atoms with E-state index in [2.05, 4.69) is 23.1 Å². The number of hydrogen-bond donors (Lipinski definition) is 1. The van der Waals surface area contributed by atoms with Gasteiger partial charge in [-0.3, -0.25) is 0 Å². The molecule has 0 saturated carbocycles. The van der Waals surface area contributed by atoms with Crippen molar-refractivity contribution in [2.45, 2.75) is 39.2 Å². The van der Waals surface area contributed by atoms with Crippen LogP contribution in [0.4, 0.5) is 0 Å². The summed E-state index contributed by atoms with van der Waals surface area (Å²) in [6.07, 6.45) is 2.06. The van der Waals surface area contributed by atoms with Crippen molar-refractivity contribution in [2.75, 3.05) is 0 Å². The summed E-state index contributed by atoms with van der Waals surface area (Å²) < 4.78 is 1.81. The highest BCUT2D eigenvalue weighted by Crippen LogP contribution is 2.24. The topological polar surface area (TPSA) is 50.4 Å². The van der Waals surface area contributed by atoms with E-state index in [1.165, 1.54) is 0 Å². The summed E-state index contributed by atoms with van der Waals surface area (Å²) in [6, 6.07) is 4.06. The van der Waals surface area contributed by atoms with Crippen molar-refractivity contribution in [1.29, 1.82) is 0 Å². The molecule has 4 nitrogen and oxygen atoms in total. The molecule has 86 valence electrons. The van der Waals surface area contributed by atoms with Crippen LogP contribution in [0.5, 0.6) is 0 Å². The number of aliphatic hydroxyl groups is 1. The average molecular weight is 219 g/mol. The number of hydrogen-bond acceptors (Lipinski definition) is 3. The van der Waals surface area contributed by atoms with Crippen LogP contribution in [0.1, 0.15) is 37.4 Å². The molecule has 2 rings (SSSR count). The predicted octanol–water partition coefficient (Wildman–Crippen LogP) is 1.91. The van der Waals surface area contributed by atoms with Crippen molar-refractivity contribution in [2.24, 2.45) is 0 Å². The number of aliphatic hydroxyl groups excluding tert-OH is 1. The lowest BCUT2D eigenvalue weighted by Gasteiger charge is -2.19. The molecular formula is C12H17N3O. The number of fused-ring (bicyclic) bond motifs is 1. The second-order valence-corrected chi connectivity index (χ2v) is 4.24. The largest absolute Gasteiger partial charge is 0.393 e. The molecule has 0 fully saturated rings. The Morgan fingerprint density at radius 2 is 2.19 bits per heavy atom. The maximum Gasteiger partial charge on any atom is 0.155 e. The van der Waals surface area contributed by atoms with Gasteiger partial charge in [-0.15, -0.1) is 0 Å². The molecule has 0 saturated heterocycles. The van der Waals surface area contributed by atoms with Gasteiger partial charge in [-0.2, -0.15) is 5.10 Å². The van der Waals surface area contributed by atoms with Gasteiger partial charge in [0, 0.05) is 5.92 Å². The minimum Gasteiger partial charge on any atom is -0.393 e. The Hall–Kier alpha value is -1.42. The molecule has 0 spiro atoms. The standard InChI is InChI=1S/C12H17N3O/c1-4-10(9(3)16)11-5-8(2)6-12-13-7-14-15(11)12/h5-7,9-10,16H,4H2,1-3H3. The normalized spacial score (nSPS) is 15.2. The Balaban J connectivity index is 2.61. The maximum absolute atomic E-state index is 9.79. The first-order valence-corrected chi connectivity index (χ1v) is 5.61. The molecule has 0 aliphatic rings.